The van der Waals surface area contributed by atoms with Gasteiger partial charge in [0.2, 0.25) is 17.7 Å². The quantitative estimate of drug-likeness (QED) is 0.114. The van der Waals surface area contributed by atoms with Crippen molar-refractivity contribution in [2.75, 3.05) is 32.8 Å². The Bertz CT molecular complexity index is 1240. The molecule has 4 rings (SSSR count). The lowest BCUT2D eigenvalue weighted by atomic mass is 9.70. The molecule has 0 aliphatic carbocycles. The number of carbonyl (C=O) groups is 4. The van der Waals surface area contributed by atoms with Crippen molar-refractivity contribution >= 4 is 23.7 Å². The van der Waals surface area contributed by atoms with E-state index in [1.807, 2.05) is 30.3 Å². The Labute approximate surface area is 279 Å². The maximum Gasteiger partial charge on any atom is 0.306 e. The molecule has 2 bridgehead atoms. The minimum atomic E-state index is -1.09. The fourth-order valence-electron chi connectivity index (χ4n) is 7.54. The number of nitrogens with zero attached hydrogens (tertiary/aromatic N) is 2. The standard InChI is InChI=1S/C37H53N3O7/c1-4-7-14-23-39(22-6-3)36(45)33-37-21-20-29(47-37)31(32(37)35(44)40(33)24-15-9-10-16-25-41)34(43)38-28(27-17-12-11-13-18-27)26-46-30(42)19-8-5-2/h5-6,11-13,17-18,28-29,31-33,41H,2-4,7-10,14-16,19-26H2,1H3,(H,38,43)/t28-,29+,31-,32-,33+,37-/m1/s1. The summed E-state index contributed by atoms with van der Waals surface area (Å²) in [5, 5.41) is 12.3. The summed E-state index contributed by atoms with van der Waals surface area (Å²) in [6.45, 7) is 11.0. The average molecular weight is 652 g/mol. The molecule has 3 aliphatic heterocycles. The van der Waals surface area contributed by atoms with Crippen LogP contribution in [0.4, 0.5) is 0 Å². The van der Waals surface area contributed by atoms with E-state index in [4.69, 9.17) is 9.47 Å². The summed E-state index contributed by atoms with van der Waals surface area (Å²) in [6, 6.07) is 7.87. The Balaban J connectivity index is 1.60. The van der Waals surface area contributed by atoms with Crippen LogP contribution in [0.15, 0.2) is 55.6 Å². The van der Waals surface area contributed by atoms with Gasteiger partial charge in [0, 0.05) is 32.7 Å². The third kappa shape index (κ3) is 8.33. The molecular formula is C37H53N3O7. The molecule has 3 heterocycles. The van der Waals surface area contributed by atoms with Crippen molar-refractivity contribution in [3.05, 3.63) is 61.2 Å². The summed E-state index contributed by atoms with van der Waals surface area (Å²) in [7, 11) is 0. The molecule has 0 saturated carbocycles. The van der Waals surface area contributed by atoms with Crippen molar-refractivity contribution < 1.29 is 33.8 Å². The Morgan fingerprint density at radius 3 is 2.60 bits per heavy atom. The zero-order valence-corrected chi connectivity index (χ0v) is 27.9. The van der Waals surface area contributed by atoms with E-state index in [9.17, 15) is 24.3 Å². The van der Waals surface area contributed by atoms with Crippen LogP contribution in [0, 0.1) is 11.8 Å². The van der Waals surface area contributed by atoms with Gasteiger partial charge in [-0.3, -0.25) is 19.2 Å². The summed E-state index contributed by atoms with van der Waals surface area (Å²) < 4.78 is 12.2. The number of nitrogens with one attached hydrogen (secondary N) is 1. The highest BCUT2D eigenvalue weighted by Crippen LogP contribution is 2.58. The van der Waals surface area contributed by atoms with E-state index < -0.39 is 35.6 Å². The SMILES string of the molecule is C=CCCC(=O)OC[C@@H](NC(=O)[C@@H]1[C@@H]2CC[C@]3(O2)[C@H](C(=O)N(CC=C)CCCCC)N(CCCCCCO)C(=O)[C@@H]13)c1ccccc1. The number of aliphatic hydroxyl groups is 1. The van der Waals surface area contributed by atoms with Crippen LogP contribution in [0.2, 0.25) is 0 Å². The van der Waals surface area contributed by atoms with E-state index in [0.29, 0.717) is 51.7 Å². The lowest BCUT2D eigenvalue weighted by Gasteiger charge is -2.37. The van der Waals surface area contributed by atoms with Crippen molar-refractivity contribution in [2.45, 2.75) is 101 Å². The predicted molar refractivity (Wildman–Crippen MR) is 179 cm³/mol. The van der Waals surface area contributed by atoms with E-state index in [0.717, 1.165) is 37.7 Å². The second kappa shape index (κ2) is 17.6. The van der Waals surface area contributed by atoms with Gasteiger partial charge in [-0.25, -0.2) is 0 Å². The normalized spacial score (nSPS) is 24.9. The van der Waals surface area contributed by atoms with Crippen LogP contribution in [0.3, 0.4) is 0 Å². The van der Waals surface area contributed by atoms with Crippen LogP contribution in [0.1, 0.15) is 89.2 Å². The summed E-state index contributed by atoms with van der Waals surface area (Å²) >= 11 is 0. The number of aliphatic hydroxyl groups excluding tert-OH is 1. The highest BCUT2D eigenvalue weighted by atomic mass is 16.5. The number of carbonyl (C=O) groups excluding carboxylic acids is 4. The van der Waals surface area contributed by atoms with E-state index in [-0.39, 0.29) is 43.3 Å². The number of unbranched alkanes of at least 4 members (excludes halogenated alkanes) is 5. The van der Waals surface area contributed by atoms with Crippen LogP contribution in [-0.2, 0) is 28.7 Å². The Morgan fingerprint density at radius 1 is 1.13 bits per heavy atom. The van der Waals surface area contributed by atoms with Gasteiger partial charge < -0.3 is 29.7 Å². The number of likely N-dealkylation sites (tertiary alicyclic amines) is 1. The maximum atomic E-state index is 14.4. The zero-order chi connectivity index (χ0) is 33.8. The largest absolute Gasteiger partial charge is 0.463 e. The third-order valence-electron chi connectivity index (χ3n) is 9.82. The Morgan fingerprint density at radius 2 is 1.89 bits per heavy atom. The van der Waals surface area contributed by atoms with Gasteiger partial charge in [-0.05, 0) is 44.1 Å². The van der Waals surface area contributed by atoms with E-state index in [1.165, 1.54) is 0 Å². The number of benzene rings is 1. The number of esters is 1. The summed E-state index contributed by atoms with van der Waals surface area (Å²) in [6.07, 6.45) is 10.5. The molecule has 3 amide bonds. The molecule has 10 nitrogen and oxygen atoms in total. The van der Waals surface area contributed by atoms with Crippen LogP contribution in [0.25, 0.3) is 0 Å². The number of ether oxygens (including phenoxy) is 2. The smallest absolute Gasteiger partial charge is 0.306 e. The first kappa shape index (κ1) is 36.3. The number of hydrogen-bond acceptors (Lipinski definition) is 7. The summed E-state index contributed by atoms with van der Waals surface area (Å²) in [5.74, 6) is -2.66. The van der Waals surface area contributed by atoms with Gasteiger partial charge in [0.15, 0.2) is 0 Å². The summed E-state index contributed by atoms with van der Waals surface area (Å²) in [4.78, 5) is 58.8. The number of rotatable bonds is 21. The minimum Gasteiger partial charge on any atom is -0.463 e. The molecule has 3 fully saturated rings. The fraction of sp³-hybridized carbons (Fsp3) is 0.622. The molecule has 0 aromatic heterocycles. The molecule has 258 valence electrons. The van der Waals surface area contributed by atoms with Gasteiger partial charge in [-0.1, -0.05) is 75.1 Å². The molecule has 1 spiro atoms. The molecule has 1 aromatic rings. The van der Waals surface area contributed by atoms with Crippen molar-refractivity contribution in [2.24, 2.45) is 11.8 Å². The zero-order valence-electron chi connectivity index (χ0n) is 27.9. The molecule has 2 N–H and O–H groups in total. The molecule has 10 heteroatoms. The third-order valence-corrected chi connectivity index (χ3v) is 9.82. The lowest BCUT2D eigenvalue weighted by Crippen LogP contribution is -2.56. The molecule has 6 atom stereocenters. The van der Waals surface area contributed by atoms with Crippen molar-refractivity contribution in [3.63, 3.8) is 0 Å². The van der Waals surface area contributed by atoms with Gasteiger partial charge in [-0.15, -0.1) is 13.2 Å². The van der Waals surface area contributed by atoms with Crippen LogP contribution < -0.4 is 5.32 Å². The Kier molecular flexibility index (Phi) is 13.6. The fourth-order valence-corrected chi connectivity index (χ4v) is 7.54. The Hall–Kier alpha value is -3.50. The first-order valence-electron chi connectivity index (χ1n) is 17.4. The number of allylic oxidation sites excluding steroid dienone is 1. The number of hydrogen-bond donors (Lipinski definition) is 2. The van der Waals surface area contributed by atoms with Crippen molar-refractivity contribution in [1.29, 1.82) is 0 Å². The van der Waals surface area contributed by atoms with E-state index in [1.54, 1.807) is 22.0 Å². The van der Waals surface area contributed by atoms with E-state index in [2.05, 4.69) is 25.4 Å². The average Bonchev–Trinajstić information content (AvgIpc) is 3.72. The van der Waals surface area contributed by atoms with Gasteiger partial charge in [-0.2, -0.15) is 0 Å². The minimum absolute atomic E-state index is 0.0525. The van der Waals surface area contributed by atoms with Crippen LogP contribution in [0.5, 0.6) is 0 Å². The molecular weight excluding hydrogens is 598 g/mol. The van der Waals surface area contributed by atoms with Gasteiger partial charge >= 0.3 is 5.97 Å². The lowest BCUT2D eigenvalue weighted by molar-refractivity contribution is -0.148. The first-order valence-corrected chi connectivity index (χ1v) is 17.4. The second-order valence-electron chi connectivity index (χ2n) is 13.0. The number of amides is 3. The van der Waals surface area contributed by atoms with Gasteiger partial charge in [0.25, 0.3) is 0 Å². The second-order valence-corrected chi connectivity index (χ2v) is 13.0. The monoisotopic (exact) mass is 651 g/mol. The molecule has 0 radical (unpaired) electrons. The molecule has 3 aliphatic rings. The van der Waals surface area contributed by atoms with Crippen molar-refractivity contribution in [3.8, 4) is 0 Å². The first-order chi connectivity index (χ1) is 22.8. The maximum absolute atomic E-state index is 14.4. The topological polar surface area (TPSA) is 125 Å². The predicted octanol–water partition coefficient (Wildman–Crippen LogP) is 4.49. The van der Waals surface area contributed by atoms with E-state index >= 15 is 0 Å². The van der Waals surface area contributed by atoms with Crippen LogP contribution in [-0.4, -0.2) is 89.2 Å². The summed E-state index contributed by atoms with van der Waals surface area (Å²) in [5.41, 5.74) is -0.311. The highest BCUT2D eigenvalue weighted by Gasteiger charge is 2.74. The van der Waals surface area contributed by atoms with Gasteiger partial charge in [0.1, 0.15) is 18.2 Å². The molecule has 47 heavy (non-hydrogen) atoms. The van der Waals surface area contributed by atoms with Gasteiger partial charge in [0.05, 0.1) is 24.0 Å². The molecule has 1 aromatic carbocycles. The van der Waals surface area contributed by atoms with Crippen LogP contribution >= 0.6 is 0 Å². The molecule has 0 unspecified atom stereocenters. The highest BCUT2D eigenvalue weighted by molar-refractivity contribution is 5.99. The number of fused-ring (bicyclic) bond motifs is 1. The van der Waals surface area contributed by atoms with Crippen molar-refractivity contribution in [1.82, 2.24) is 15.1 Å². The molecule has 3 saturated heterocycles.